The minimum atomic E-state index is -3.53. The van der Waals surface area contributed by atoms with Crippen LogP contribution < -0.4 is 0 Å². The van der Waals surface area contributed by atoms with Crippen LogP contribution in [0.4, 0.5) is 4.39 Å². The van der Waals surface area contributed by atoms with Gasteiger partial charge in [0.1, 0.15) is 5.82 Å². The lowest BCUT2D eigenvalue weighted by molar-refractivity contribution is -0.145. The lowest BCUT2D eigenvalue weighted by Gasteiger charge is -2.16. The molecule has 2 unspecified atom stereocenters. The van der Waals surface area contributed by atoms with Gasteiger partial charge in [-0.1, -0.05) is 19.1 Å². The summed E-state index contributed by atoms with van der Waals surface area (Å²) in [7, 11) is -2.23. The molecule has 0 radical (unpaired) electrons. The van der Waals surface area contributed by atoms with Crippen LogP contribution in [0.25, 0.3) is 0 Å². The van der Waals surface area contributed by atoms with Crippen LogP contribution in [0.1, 0.15) is 12.5 Å². The third-order valence-electron chi connectivity index (χ3n) is 3.74. The van der Waals surface area contributed by atoms with Crippen LogP contribution in [0.5, 0.6) is 0 Å². The van der Waals surface area contributed by atoms with Crippen molar-refractivity contribution in [2.75, 3.05) is 20.2 Å². The fraction of sp³-hybridized carbons (Fsp3) is 0.500. The first kappa shape index (κ1) is 15.9. The molecule has 1 fully saturated rings. The largest absolute Gasteiger partial charge is 0.469 e. The Morgan fingerprint density at radius 3 is 2.52 bits per heavy atom. The third kappa shape index (κ3) is 3.59. The van der Waals surface area contributed by atoms with Gasteiger partial charge in [-0.2, -0.15) is 0 Å². The number of hydrogen-bond donors (Lipinski definition) is 0. The summed E-state index contributed by atoms with van der Waals surface area (Å²) >= 11 is 0. The van der Waals surface area contributed by atoms with Gasteiger partial charge in [0.2, 0.25) is 10.0 Å². The van der Waals surface area contributed by atoms with Gasteiger partial charge in [0, 0.05) is 13.1 Å². The molecule has 116 valence electrons. The van der Waals surface area contributed by atoms with Crippen molar-refractivity contribution in [1.29, 1.82) is 0 Å². The van der Waals surface area contributed by atoms with Gasteiger partial charge in [-0.05, 0) is 23.6 Å². The maximum atomic E-state index is 12.8. The highest BCUT2D eigenvalue weighted by molar-refractivity contribution is 7.88. The molecule has 0 bridgehead atoms. The Morgan fingerprint density at radius 2 is 1.95 bits per heavy atom. The summed E-state index contributed by atoms with van der Waals surface area (Å²) in [6, 6.07) is 5.36. The molecule has 2 atom stereocenters. The monoisotopic (exact) mass is 315 g/mol. The lowest BCUT2D eigenvalue weighted by atomic mass is 9.99. The predicted molar refractivity (Wildman–Crippen MR) is 75.3 cm³/mol. The van der Waals surface area contributed by atoms with Crippen molar-refractivity contribution in [3.63, 3.8) is 0 Å². The topological polar surface area (TPSA) is 63.7 Å². The number of methoxy groups -OCH3 is 1. The standard InChI is InChI=1S/C14H18FNO4S/c1-10-7-16(8-13(10)14(17)20-2)21(18,19)9-11-3-5-12(15)6-4-11/h3-6,10,13H,7-9H2,1-2H3. The van der Waals surface area contributed by atoms with Gasteiger partial charge in [-0.3, -0.25) is 4.79 Å². The molecule has 2 rings (SSSR count). The first-order chi connectivity index (χ1) is 9.83. The van der Waals surface area contributed by atoms with Gasteiger partial charge in [0.05, 0.1) is 18.8 Å². The van der Waals surface area contributed by atoms with Crippen LogP contribution in [0, 0.1) is 17.7 Å². The second-order valence-corrected chi connectivity index (χ2v) is 7.28. The Balaban J connectivity index is 2.10. The predicted octanol–water partition coefficient (Wildman–Crippen LogP) is 1.40. The zero-order valence-corrected chi connectivity index (χ0v) is 12.8. The van der Waals surface area contributed by atoms with Crippen molar-refractivity contribution in [1.82, 2.24) is 4.31 Å². The van der Waals surface area contributed by atoms with E-state index in [9.17, 15) is 17.6 Å². The van der Waals surface area contributed by atoms with Crippen LogP contribution in [0.15, 0.2) is 24.3 Å². The highest BCUT2D eigenvalue weighted by atomic mass is 32.2. The molecule has 1 saturated heterocycles. The summed E-state index contributed by atoms with van der Waals surface area (Å²) in [5, 5.41) is 0. The molecule has 7 heteroatoms. The number of nitrogens with zero attached hydrogens (tertiary/aromatic N) is 1. The first-order valence-corrected chi connectivity index (χ1v) is 8.24. The fourth-order valence-electron chi connectivity index (χ4n) is 2.49. The number of hydrogen-bond acceptors (Lipinski definition) is 4. The Labute approximate surface area is 123 Å². The zero-order chi connectivity index (χ0) is 15.6. The molecule has 1 aromatic rings. The maximum absolute atomic E-state index is 12.8. The molecule has 0 saturated carbocycles. The van der Waals surface area contributed by atoms with Gasteiger partial charge < -0.3 is 4.74 Å². The van der Waals surface area contributed by atoms with Crippen LogP contribution >= 0.6 is 0 Å². The molecule has 21 heavy (non-hydrogen) atoms. The van der Waals surface area contributed by atoms with E-state index in [1.54, 1.807) is 0 Å². The second-order valence-electron chi connectivity index (χ2n) is 5.31. The number of carbonyl (C=O) groups is 1. The van der Waals surface area contributed by atoms with Crippen LogP contribution in [0.3, 0.4) is 0 Å². The van der Waals surface area contributed by atoms with Crippen LogP contribution in [-0.2, 0) is 25.3 Å². The summed E-state index contributed by atoms with van der Waals surface area (Å²) in [5.74, 6) is -1.51. The second kappa shape index (κ2) is 6.11. The van der Waals surface area contributed by atoms with E-state index in [1.807, 2.05) is 6.92 Å². The molecule has 0 amide bonds. The number of ether oxygens (including phenoxy) is 1. The quantitative estimate of drug-likeness (QED) is 0.788. The average Bonchev–Trinajstić information content (AvgIpc) is 2.83. The van der Waals surface area contributed by atoms with E-state index < -0.39 is 21.8 Å². The first-order valence-electron chi connectivity index (χ1n) is 6.63. The van der Waals surface area contributed by atoms with Crippen molar-refractivity contribution < 1.29 is 22.3 Å². The Morgan fingerprint density at radius 1 is 1.33 bits per heavy atom. The molecule has 1 aliphatic rings. The number of halogens is 1. The van der Waals surface area contributed by atoms with Crippen LogP contribution in [0.2, 0.25) is 0 Å². The van der Waals surface area contributed by atoms with E-state index in [4.69, 9.17) is 4.74 Å². The number of esters is 1. The highest BCUT2D eigenvalue weighted by Crippen LogP contribution is 2.27. The normalized spacial score (nSPS) is 23.2. The summed E-state index contributed by atoms with van der Waals surface area (Å²) in [6.45, 7) is 2.26. The van der Waals surface area contributed by atoms with E-state index >= 15 is 0 Å². The number of carbonyl (C=O) groups excluding carboxylic acids is 1. The van der Waals surface area contributed by atoms with Crippen molar-refractivity contribution in [3.8, 4) is 0 Å². The van der Waals surface area contributed by atoms with Crippen molar-refractivity contribution in [2.45, 2.75) is 12.7 Å². The summed E-state index contributed by atoms with van der Waals surface area (Å²) in [6.07, 6.45) is 0. The molecule has 1 aromatic carbocycles. The third-order valence-corrected chi connectivity index (χ3v) is 5.52. The minimum absolute atomic E-state index is 0.0829. The Hall–Kier alpha value is -1.47. The molecule has 1 aliphatic heterocycles. The number of rotatable bonds is 4. The summed E-state index contributed by atoms with van der Waals surface area (Å²) in [5.41, 5.74) is 0.519. The highest BCUT2D eigenvalue weighted by Gasteiger charge is 2.40. The van der Waals surface area contributed by atoms with E-state index in [-0.39, 0.29) is 24.2 Å². The smallest absolute Gasteiger partial charge is 0.310 e. The number of benzene rings is 1. The SMILES string of the molecule is COC(=O)C1CN(S(=O)(=O)Cc2ccc(F)cc2)CC1C. The average molecular weight is 315 g/mol. The van der Waals surface area contributed by atoms with Crippen molar-refractivity contribution in [2.24, 2.45) is 11.8 Å². The van der Waals surface area contributed by atoms with E-state index in [1.165, 1.54) is 35.7 Å². The van der Waals surface area contributed by atoms with E-state index in [2.05, 4.69) is 0 Å². The fourth-order valence-corrected chi connectivity index (χ4v) is 4.14. The zero-order valence-electron chi connectivity index (χ0n) is 12.0. The van der Waals surface area contributed by atoms with Crippen LogP contribution in [-0.4, -0.2) is 38.9 Å². The summed E-state index contributed by atoms with van der Waals surface area (Å²) < 4.78 is 43.6. The molecule has 0 aromatic heterocycles. The minimum Gasteiger partial charge on any atom is -0.469 e. The molecular formula is C14H18FNO4S. The Bertz CT molecular complexity index is 614. The van der Waals surface area contributed by atoms with Gasteiger partial charge in [-0.15, -0.1) is 0 Å². The van der Waals surface area contributed by atoms with Gasteiger partial charge >= 0.3 is 5.97 Å². The Kier molecular flexibility index (Phi) is 4.63. The molecule has 0 N–H and O–H groups in total. The molecule has 1 heterocycles. The summed E-state index contributed by atoms with van der Waals surface area (Å²) in [4.78, 5) is 11.6. The molecule has 0 aliphatic carbocycles. The molecule has 5 nitrogen and oxygen atoms in total. The van der Waals surface area contributed by atoms with Gasteiger partial charge in [-0.25, -0.2) is 17.1 Å². The van der Waals surface area contributed by atoms with Gasteiger partial charge in [0.15, 0.2) is 0 Å². The molecular weight excluding hydrogens is 297 g/mol. The van der Waals surface area contributed by atoms with Crippen molar-refractivity contribution in [3.05, 3.63) is 35.6 Å². The number of sulfonamides is 1. The van der Waals surface area contributed by atoms with E-state index in [0.717, 1.165) is 0 Å². The maximum Gasteiger partial charge on any atom is 0.310 e. The van der Waals surface area contributed by atoms with E-state index in [0.29, 0.717) is 12.1 Å². The lowest BCUT2D eigenvalue weighted by Crippen LogP contribution is -2.31. The van der Waals surface area contributed by atoms with Gasteiger partial charge in [0.25, 0.3) is 0 Å². The molecule has 0 spiro atoms. The van der Waals surface area contributed by atoms with Crippen molar-refractivity contribution >= 4 is 16.0 Å².